The van der Waals surface area contributed by atoms with Crippen LogP contribution in [0.15, 0.2) is 28.7 Å². The van der Waals surface area contributed by atoms with Gasteiger partial charge in [-0.05, 0) is 43.5 Å². The van der Waals surface area contributed by atoms with Crippen molar-refractivity contribution in [2.75, 3.05) is 0 Å². The van der Waals surface area contributed by atoms with Gasteiger partial charge in [-0.15, -0.1) is 0 Å². The summed E-state index contributed by atoms with van der Waals surface area (Å²) in [5.74, 6) is -0.977. The van der Waals surface area contributed by atoms with Gasteiger partial charge in [0.05, 0.1) is 6.07 Å². The minimum Gasteiger partial charge on any atom is -0.395 e. The Morgan fingerprint density at radius 1 is 1.24 bits per heavy atom. The Balaban J connectivity index is 2.09. The van der Waals surface area contributed by atoms with E-state index in [1.54, 1.807) is 0 Å². The number of carbonyl (C=O) groups excluding carboxylic acids is 1. The third-order valence-electron chi connectivity index (χ3n) is 3.26. The zero-order valence-electron chi connectivity index (χ0n) is 12.1. The van der Waals surface area contributed by atoms with Crippen LogP contribution >= 0.6 is 0 Å². The monoisotopic (exact) mass is 288 g/mol. The first-order valence-corrected chi connectivity index (χ1v) is 6.47. The highest BCUT2D eigenvalue weighted by molar-refractivity contribution is 5.91. The molecule has 0 unspecified atom stereocenters. The van der Waals surface area contributed by atoms with Gasteiger partial charge in [-0.1, -0.05) is 17.7 Å². The van der Waals surface area contributed by atoms with E-state index in [1.165, 1.54) is 11.6 Å². The summed E-state index contributed by atoms with van der Waals surface area (Å²) in [7, 11) is 0. The number of nitro groups is 1. The Morgan fingerprint density at radius 2 is 1.86 bits per heavy atom. The summed E-state index contributed by atoms with van der Waals surface area (Å²) in [4.78, 5) is 21.8. The summed E-state index contributed by atoms with van der Waals surface area (Å²) in [5.41, 5.74) is 4.40. The predicted octanol–water partition coefficient (Wildman–Crippen LogP) is 3.04. The molecule has 0 radical (unpaired) electrons. The Bertz CT molecular complexity index is 680. The van der Waals surface area contributed by atoms with Crippen molar-refractivity contribution in [2.45, 2.75) is 27.3 Å². The normalized spacial score (nSPS) is 10.4. The highest BCUT2D eigenvalue weighted by atomic mass is 16.6. The molecule has 0 bridgehead atoms. The summed E-state index contributed by atoms with van der Waals surface area (Å²) in [6, 6.07) is 6.55. The van der Waals surface area contributed by atoms with E-state index < -0.39 is 16.7 Å². The van der Waals surface area contributed by atoms with E-state index in [-0.39, 0.29) is 5.76 Å². The SMILES string of the molecule is Cc1cc(C)c(CNC(=O)c2ccc([N+](=O)[O-])o2)c(C)c1. The highest BCUT2D eigenvalue weighted by Crippen LogP contribution is 2.18. The van der Waals surface area contributed by atoms with Crippen molar-refractivity contribution < 1.29 is 14.1 Å². The maximum Gasteiger partial charge on any atom is 0.433 e. The van der Waals surface area contributed by atoms with Crippen LogP contribution in [0.1, 0.15) is 32.8 Å². The Morgan fingerprint density at radius 3 is 2.38 bits per heavy atom. The van der Waals surface area contributed by atoms with Crippen LogP contribution in [0.25, 0.3) is 0 Å². The molecular formula is C15H16N2O4. The third kappa shape index (κ3) is 3.28. The topological polar surface area (TPSA) is 85.4 Å². The van der Waals surface area contributed by atoms with Gasteiger partial charge in [-0.2, -0.15) is 0 Å². The van der Waals surface area contributed by atoms with E-state index in [1.807, 2.05) is 32.9 Å². The highest BCUT2D eigenvalue weighted by Gasteiger charge is 2.17. The summed E-state index contributed by atoms with van der Waals surface area (Å²) in [6.07, 6.45) is 0. The molecule has 6 heteroatoms. The lowest BCUT2D eigenvalue weighted by Crippen LogP contribution is -2.23. The molecule has 0 aliphatic carbocycles. The molecule has 0 atom stereocenters. The maximum absolute atomic E-state index is 11.9. The van der Waals surface area contributed by atoms with Gasteiger partial charge >= 0.3 is 5.88 Å². The third-order valence-corrected chi connectivity index (χ3v) is 3.26. The molecule has 0 spiro atoms. The molecule has 1 N–H and O–H groups in total. The van der Waals surface area contributed by atoms with E-state index in [0.29, 0.717) is 6.54 Å². The smallest absolute Gasteiger partial charge is 0.395 e. The number of aryl methyl sites for hydroxylation is 3. The van der Waals surface area contributed by atoms with Crippen LogP contribution in [-0.2, 0) is 6.54 Å². The van der Waals surface area contributed by atoms with Gasteiger partial charge in [0.2, 0.25) is 0 Å². The average Bonchev–Trinajstić information content (AvgIpc) is 2.86. The summed E-state index contributed by atoms with van der Waals surface area (Å²) in [6.45, 7) is 6.34. The zero-order valence-corrected chi connectivity index (χ0v) is 12.1. The van der Waals surface area contributed by atoms with Crippen molar-refractivity contribution in [3.63, 3.8) is 0 Å². The summed E-state index contributed by atoms with van der Waals surface area (Å²) >= 11 is 0. The molecule has 1 amide bonds. The molecule has 1 aromatic heterocycles. The van der Waals surface area contributed by atoms with Crippen molar-refractivity contribution in [2.24, 2.45) is 0 Å². The van der Waals surface area contributed by atoms with Gasteiger partial charge in [0.1, 0.15) is 4.92 Å². The molecular weight excluding hydrogens is 272 g/mol. The fourth-order valence-electron chi connectivity index (χ4n) is 2.29. The first kappa shape index (κ1) is 14.8. The van der Waals surface area contributed by atoms with E-state index in [0.717, 1.165) is 22.8 Å². The largest absolute Gasteiger partial charge is 0.433 e. The molecule has 0 aliphatic heterocycles. The first-order chi connectivity index (χ1) is 9.88. The number of amides is 1. The van der Waals surface area contributed by atoms with Crippen LogP contribution < -0.4 is 5.32 Å². The summed E-state index contributed by atoms with van der Waals surface area (Å²) < 4.78 is 4.86. The lowest BCUT2D eigenvalue weighted by molar-refractivity contribution is -0.402. The number of rotatable bonds is 4. The van der Waals surface area contributed by atoms with Crippen molar-refractivity contribution in [1.29, 1.82) is 0 Å². The van der Waals surface area contributed by atoms with E-state index >= 15 is 0 Å². The molecule has 0 aliphatic rings. The standard InChI is InChI=1S/C15H16N2O4/c1-9-6-10(2)12(11(3)7-9)8-16-15(18)13-4-5-14(21-13)17(19)20/h4-7H,8H2,1-3H3,(H,16,18). The number of benzene rings is 1. The number of hydrogen-bond donors (Lipinski definition) is 1. The average molecular weight is 288 g/mol. The van der Waals surface area contributed by atoms with Crippen LogP contribution in [0, 0.1) is 30.9 Å². The predicted molar refractivity (Wildman–Crippen MR) is 77.2 cm³/mol. The van der Waals surface area contributed by atoms with Crippen molar-refractivity contribution in [1.82, 2.24) is 5.32 Å². The van der Waals surface area contributed by atoms with Crippen LogP contribution in [-0.4, -0.2) is 10.8 Å². The minimum absolute atomic E-state index is 0.0656. The van der Waals surface area contributed by atoms with Crippen LogP contribution in [0.5, 0.6) is 0 Å². The molecule has 2 aromatic rings. The second kappa shape index (κ2) is 5.78. The van der Waals surface area contributed by atoms with Gasteiger partial charge in [0.15, 0.2) is 5.76 Å². The lowest BCUT2D eigenvalue weighted by Gasteiger charge is -2.11. The van der Waals surface area contributed by atoms with Crippen molar-refractivity contribution in [3.8, 4) is 0 Å². The number of carbonyl (C=O) groups is 1. The van der Waals surface area contributed by atoms with Gasteiger partial charge in [0.25, 0.3) is 5.91 Å². The molecule has 0 saturated carbocycles. The van der Waals surface area contributed by atoms with Gasteiger partial charge in [-0.3, -0.25) is 14.9 Å². The quantitative estimate of drug-likeness (QED) is 0.692. The molecule has 21 heavy (non-hydrogen) atoms. The lowest BCUT2D eigenvalue weighted by atomic mass is 10.00. The molecule has 1 heterocycles. The molecule has 110 valence electrons. The molecule has 0 saturated heterocycles. The molecule has 2 rings (SSSR count). The fraction of sp³-hybridized carbons (Fsp3) is 0.267. The minimum atomic E-state index is -0.676. The van der Waals surface area contributed by atoms with E-state index in [9.17, 15) is 14.9 Å². The Kier molecular flexibility index (Phi) is 4.07. The zero-order chi connectivity index (χ0) is 15.6. The van der Waals surface area contributed by atoms with Gasteiger partial charge < -0.3 is 9.73 Å². The number of nitrogens with one attached hydrogen (secondary N) is 1. The van der Waals surface area contributed by atoms with Crippen molar-refractivity contribution >= 4 is 11.8 Å². The first-order valence-electron chi connectivity index (χ1n) is 6.47. The number of nitrogens with zero attached hydrogens (tertiary/aromatic N) is 1. The molecule has 6 nitrogen and oxygen atoms in total. The van der Waals surface area contributed by atoms with E-state index in [4.69, 9.17) is 4.42 Å². The Labute approximate surface area is 121 Å². The number of furan rings is 1. The molecule has 1 aromatic carbocycles. The van der Waals surface area contributed by atoms with Gasteiger partial charge in [-0.25, -0.2) is 0 Å². The maximum atomic E-state index is 11.9. The van der Waals surface area contributed by atoms with Crippen LogP contribution in [0.4, 0.5) is 5.88 Å². The van der Waals surface area contributed by atoms with Gasteiger partial charge in [0, 0.05) is 6.54 Å². The number of hydrogen-bond acceptors (Lipinski definition) is 4. The second-order valence-corrected chi connectivity index (χ2v) is 4.95. The van der Waals surface area contributed by atoms with Crippen LogP contribution in [0.2, 0.25) is 0 Å². The fourth-order valence-corrected chi connectivity index (χ4v) is 2.29. The summed E-state index contributed by atoms with van der Waals surface area (Å²) in [5, 5.41) is 13.2. The van der Waals surface area contributed by atoms with Crippen molar-refractivity contribution in [3.05, 3.63) is 62.4 Å². The molecule has 0 fully saturated rings. The van der Waals surface area contributed by atoms with Crippen LogP contribution in [0.3, 0.4) is 0 Å². The second-order valence-electron chi connectivity index (χ2n) is 4.95. The van der Waals surface area contributed by atoms with E-state index in [2.05, 4.69) is 5.32 Å². The Hall–Kier alpha value is -2.63.